The average molecular weight is 407 g/mol. The van der Waals surface area contributed by atoms with E-state index in [9.17, 15) is 14.4 Å². The largest absolute Gasteiger partial charge is 0.339 e. The lowest BCUT2D eigenvalue weighted by molar-refractivity contribution is -0.143. The molecule has 5 nitrogen and oxygen atoms in total. The van der Waals surface area contributed by atoms with Crippen LogP contribution in [0.1, 0.15) is 42.5 Å². The maximum Gasteiger partial charge on any atom is 0.225 e. The second kappa shape index (κ2) is 8.13. The van der Waals surface area contributed by atoms with Crippen LogP contribution in [0, 0.1) is 5.92 Å². The van der Waals surface area contributed by atoms with Gasteiger partial charge in [-0.2, -0.15) is 0 Å². The molecule has 0 unspecified atom stereocenters. The molecular weight excluding hydrogens is 384 g/mol. The molecule has 0 N–H and O–H groups in total. The number of benzene rings is 1. The van der Waals surface area contributed by atoms with E-state index in [1.54, 1.807) is 17.0 Å². The molecular formula is C19H23BrN2O3. The van der Waals surface area contributed by atoms with Crippen molar-refractivity contribution < 1.29 is 14.4 Å². The number of carbonyl (C=O) groups is 3. The predicted molar refractivity (Wildman–Crippen MR) is 98.2 cm³/mol. The van der Waals surface area contributed by atoms with E-state index in [2.05, 4.69) is 15.9 Å². The summed E-state index contributed by atoms with van der Waals surface area (Å²) in [4.78, 5) is 40.4. The van der Waals surface area contributed by atoms with Gasteiger partial charge in [0, 0.05) is 55.0 Å². The Kier molecular flexibility index (Phi) is 5.89. The molecule has 134 valence electrons. The van der Waals surface area contributed by atoms with Crippen molar-refractivity contribution in [3.8, 4) is 0 Å². The van der Waals surface area contributed by atoms with Crippen LogP contribution in [0.3, 0.4) is 0 Å². The molecule has 0 radical (unpaired) electrons. The Bertz CT molecular complexity index is 647. The molecule has 25 heavy (non-hydrogen) atoms. The molecule has 0 atom stereocenters. The second-order valence-corrected chi connectivity index (χ2v) is 7.68. The quantitative estimate of drug-likeness (QED) is 0.706. The molecule has 6 heteroatoms. The monoisotopic (exact) mass is 406 g/mol. The zero-order chi connectivity index (χ0) is 17.8. The lowest BCUT2D eigenvalue weighted by atomic mass is 9.84. The van der Waals surface area contributed by atoms with Crippen molar-refractivity contribution in [1.82, 2.24) is 9.80 Å². The van der Waals surface area contributed by atoms with Crippen molar-refractivity contribution in [3.05, 3.63) is 34.3 Å². The minimum atomic E-state index is -0.0142. The number of carbonyl (C=O) groups excluding carboxylic acids is 3. The fourth-order valence-corrected chi connectivity index (χ4v) is 3.51. The maximum absolute atomic E-state index is 12.3. The minimum Gasteiger partial charge on any atom is -0.339 e. The zero-order valence-corrected chi connectivity index (χ0v) is 15.8. The molecule has 3 rings (SSSR count). The van der Waals surface area contributed by atoms with Crippen LogP contribution in [0.15, 0.2) is 28.7 Å². The fourth-order valence-electron chi connectivity index (χ4n) is 3.25. The van der Waals surface area contributed by atoms with Gasteiger partial charge in [-0.05, 0) is 25.0 Å². The first-order valence-electron chi connectivity index (χ1n) is 8.90. The normalized spacial score (nSPS) is 18.0. The highest BCUT2D eigenvalue weighted by atomic mass is 79.9. The number of piperazine rings is 1. The number of ketones is 1. The third-order valence-corrected chi connectivity index (χ3v) is 5.66. The summed E-state index contributed by atoms with van der Waals surface area (Å²) in [5.74, 6) is 0.454. The SMILES string of the molecule is O=C(CCC(=O)N1CCN(C(=O)C2CCC2)CC1)c1ccc(Br)cc1. The van der Waals surface area contributed by atoms with Crippen molar-refractivity contribution in [2.75, 3.05) is 26.2 Å². The average Bonchev–Trinajstić information content (AvgIpc) is 2.58. The van der Waals surface area contributed by atoms with Gasteiger partial charge in [0.15, 0.2) is 5.78 Å². The topological polar surface area (TPSA) is 57.7 Å². The minimum absolute atomic E-state index is 0.00112. The molecule has 1 aromatic carbocycles. The van der Waals surface area contributed by atoms with Crippen molar-refractivity contribution in [2.45, 2.75) is 32.1 Å². The summed E-state index contributed by atoms with van der Waals surface area (Å²) >= 11 is 3.34. The lowest BCUT2D eigenvalue weighted by Crippen LogP contribution is -2.52. The molecule has 0 aromatic heterocycles. The Morgan fingerprint density at radius 1 is 0.920 bits per heavy atom. The predicted octanol–water partition coefficient (Wildman–Crippen LogP) is 2.88. The Morgan fingerprint density at radius 3 is 2.08 bits per heavy atom. The molecule has 0 spiro atoms. The van der Waals surface area contributed by atoms with Gasteiger partial charge in [-0.1, -0.05) is 34.5 Å². The first kappa shape index (κ1) is 18.1. The zero-order valence-electron chi connectivity index (χ0n) is 14.2. The van der Waals surface area contributed by atoms with Gasteiger partial charge in [0.25, 0.3) is 0 Å². The summed E-state index contributed by atoms with van der Waals surface area (Å²) in [5, 5.41) is 0. The van der Waals surface area contributed by atoms with Crippen LogP contribution >= 0.6 is 15.9 Å². The summed E-state index contributed by atoms with van der Waals surface area (Å²) in [6.45, 7) is 2.37. The van der Waals surface area contributed by atoms with E-state index in [0.717, 1.165) is 23.7 Å². The molecule has 1 aromatic rings. The van der Waals surface area contributed by atoms with Crippen LogP contribution in [0.2, 0.25) is 0 Å². The summed E-state index contributed by atoms with van der Waals surface area (Å²) in [6.07, 6.45) is 3.63. The van der Waals surface area contributed by atoms with Crippen molar-refractivity contribution in [1.29, 1.82) is 0 Å². The summed E-state index contributed by atoms with van der Waals surface area (Å²) in [7, 11) is 0. The maximum atomic E-state index is 12.3. The molecule has 2 amide bonds. The van der Waals surface area contributed by atoms with E-state index < -0.39 is 0 Å². The van der Waals surface area contributed by atoms with Crippen LogP contribution in [0.4, 0.5) is 0 Å². The standard InChI is InChI=1S/C19H23BrN2O3/c20-16-6-4-14(5-7-16)17(23)8-9-18(24)21-10-12-22(13-11-21)19(25)15-2-1-3-15/h4-7,15H,1-3,8-13H2. The van der Waals surface area contributed by atoms with Gasteiger partial charge in [-0.3, -0.25) is 14.4 Å². The highest BCUT2D eigenvalue weighted by molar-refractivity contribution is 9.10. The summed E-state index contributed by atoms with van der Waals surface area (Å²) in [5.41, 5.74) is 0.631. The first-order valence-corrected chi connectivity index (χ1v) is 9.69. The number of hydrogen-bond acceptors (Lipinski definition) is 3. The van der Waals surface area contributed by atoms with E-state index in [-0.39, 0.29) is 36.4 Å². The number of hydrogen-bond donors (Lipinski definition) is 0. The van der Waals surface area contributed by atoms with Gasteiger partial charge >= 0.3 is 0 Å². The van der Waals surface area contributed by atoms with Gasteiger partial charge in [0.1, 0.15) is 0 Å². The van der Waals surface area contributed by atoms with Crippen LogP contribution in [-0.4, -0.2) is 53.6 Å². The van der Waals surface area contributed by atoms with Gasteiger partial charge < -0.3 is 9.80 Å². The van der Waals surface area contributed by atoms with E-state index in [1.165, 1.54) is 0 Å². The Hall–Kier alpha value is -1.69. The molecule has 1 heterocycles. The highest BCUT2D eigenvalue weighted by Crippen LogP contribution is 2.28. The van der Waals surface area contributed by atoms with Crippen LogP contribution in [-0.2, 0) is 9.59 Å². The Morgan fingerprint density at radius 2 is 1.52 bits per heavy atom. The van der Waals surface area contributed by atoms with Crippen LogP contribution < -0.4 is 0 Å². The number of rotatable bonds is 5. The Labute approximate surface area is 156 Å². The molecule has 1 saturated carbocycles. The number of halogens is 1. The van der Waals surface area contributed by atoms with Crippen molar-refractivity contribution >= 4 is 33.5 Å². The number of nitrogens with zero attached hydrogens (tertiary/aromatic N) is 2. The van der Waals surface area contributed by atoms with Crippen molar-refractivity contribution in [2.24, 2.45) is 5.92 Å². The van der Waals surface area contributed by atoms with Gasteiger partial charge in [0.05, 0.1) is 0 Å². The van der Waals surface area contributed by atoms with E-state index >= 15 is 0 Å². The van der Waals surface area contributed by atoms with Crippen LogP contribution in [0.5, 0.6) is 0 Å². The Balaban J connectivity index is 1.42. The second-order valence-electron chi connectivity index (χ2n) is 6.76. The smallest absolute Gasteiger partial charge is 0.225 e. The molecule has 2 fully saturated rings. The third kappa shape index (κ3) is 4.48. The molecule has 1 aliphatic heterocycles. The fraction of sp³-hybridized carbons (Fsp3) is 0.526. The molecule has 1 saturated heterocycles. The van der Waals surface area contributed by atoms with E-state index in [0.29, 0.717) is 31.7 Å². The first-order chi connectivity index (χ1) is 12.0. The molecule has 2 aliphatic rings. The summed E-state index contributed by atoms with van der Waals surface area (Å²) < 4.78 is 0.925. The molecule has 1 aliphatic carbocycles. The van der Waals surface area contributed by atoms with Gasteiger partial charge in [0.2, 0.25) is 11.8 Å². The van der Waals surface area contributed by atoms with E-state index in [4.69, 9.17) is 0 Å². The van der Waals surface area contributed by atoms with E-state index in [1.807, 2.05) is 17.0 Å². The number of amides is 2. The molecule has 0 bridgehead atoms. The van der Waals surface area contributed by atoms with Gasteiger partial charge in [-0.25, -0.2) is 0 Å². The number of Topliss-reactive ketones (excluding diaryl/α,β-unsaturated/α-hetero) is 1. The summed E-state index contributed by atoms with van der Waals surface area (Å²) in [6, 6.07) is 7.18. The highest BCUT2D eigenvalue weighted by Gasteiger charge is 2.31. The lowest BCUT2D eigenvalue weighted by Gasteiger charge is -2.38. The van der Waals surface area contributed by atoms with Gasteiger partial charge in [-0.15, -0.1) is 0 Å². The van der Waals surface area contributed by atoms with Crippen LogP contribution in [0.25, 0.3) is 0 Å². The van der Waals surface area contributed by atoms with Crippen molar-refractivity contribution in [3.63, 3.8) is 0 Å². The third-order valence-electron chi connectivity index (χ3n) is 5.13.